The maximum Gasteiger partial charge on any atom is 0.332 e. The minimum absolute atomic E-state index is 0.444. The summed E-state index contributed by atoms with van der Waals surface area (Å²) < 4.78 is 17.7. The van der Waals surface area contributed by atoms with Crippen LogP contribution in [0.1, 0.15) is 59.3 Å². The van der Waals surface area contributed by atoms with Gasteiger partial charge in [-0.05, 0) is 33.1 Å². The van der Waals surface area contributed by atoms with Crippen LogP contribution in [0.3, 0.4) is 0 Å². The van der Waals surface area contributed by atoms with Gasteiger partial charge in [0.1, 0.15) is 5.60 Å². The zero-order valence-electron chi connectivity index (χ0n) is 13.1. The van der Waals surface area contributed by atoms with Crippen molar-refractivity contribution in [1.29, 1.82) is 0 Å². The van der Waals surface area contributed by atoms with Crippen molar-refractivity contribution in [3.05, 3.63) is 12.7 Å². The molecular formula is C16H28O4. The number of hydrogen-bond donors (Lipinski definition) is 0. The fourth-order valence-electron chi connectivity index (χ4n) is 3.25. The Balaban J connectivity index is 3.15. The molecule has 1 aliphatic carbocycles. The molecule has 0 aromatic heterocycles. The average Bonchev–Trinajstić information content (AvgIpc) is 2.43. The molecule has 1 saturated carbocycles. The number of esters is 1. The lowest BCUT2D eigenvalue weighted by molar-refractivity contribution is -0.330. The maximum absolute atomic E-state index is 11.8. The Morgan fingerprint density at radius 3 is 2.35 bits per heavy atom. The third-order valence-electron chi connectivity index (χ3n) is 3.91. The van der Waals surface area contributed by atoms with Crippen molar-refractivity contribution >= 4 is 5.97 Å². The van der Waals surface area contributed by atoms with Crippen LogP contribution in [-0.2, 0) is 19.0 Å². The van der Waals surface area contributed by atoms with Crippen LogP contribution in [-0.4, -0.2) is 30.6 Å². The number of rotatable bonds is 8. The Kier molecular flexibility index (Phi) is 6.69. The summed E-state index contributed by atoms with van der Waals surface area (Å²) in [6, 6.07) is 0. The average molecular weight is 284 g/mol. The van der Waals surface area contributed by atoms with E-state index >= 15 is 0 Å². The van der Waals surface area contributed by atoms with Crippen molar-refractivity contribution in [3.63, 3.8) is 0 Å². The zero-order valence-corrected chi connectivity index (χ0v) is 13.1. The normalized spacial score (nSPS) is 29.9. The first kappa shape index (κ1) is 17.2. The number of ether oxygens (including phenoxy) is 3. The van der Waals surface area contributed by atoms with Gasteiger partial charge in [-0.3, -0.25) is 0 Å². The number of carbonyl (C=O) groups is 1. The van der Waals surface area contributed by atoms with Crippen LogP contribution in [0.15, 0.2) is 12.7 Å². The molecule has 1 aliphatic rings. The Labute approximate surface area is 122 Å². The van der Waals surface area contributed by atoms with Crippen molar-refractivity contribution in [1.82, 2.24) is 0 Å². The van der Waals surface area contributed by atoms with Crippen molar-refractivity contribution in [2.45, 2.75) is 70.7 Å². The summed E-state index contributed by atoms with van der Waals surface area (Å²) in [5, 5.41) is 0. The molecule has 4 heteroatoms. The molecule has 20 heavy (non-hydrogen) atoms. The molecule has 4 nitrogen and oxygen atoms in total. The fraction of sp³-hybridized carbons (Fsp3) is 0.812. The van der Waals surface area contributed by atoms with E-state index in [2.05, 4.69) is 13.5 Å². The third-order valence-corrected chi connectivity index (χ3v) is 3.91. The Morgan fingerprint density at radius 2 is 1.80 bits per heavy atom. The van der Waals surface area contributed by atoms with Crippen LogP contribution in [0.4, 0.5) is 0 Å². The lowest BCUT2D eigenvalue weighted by atomic mass is 9.75. The molecule has 1 fully saturated rings. The van der Waals surface area contributed by atoms with Crippen molar-refractivity contribution < 1.29 is 19.0 Å². The first-order chi connectivity index (χ1) is 9.59. The Bertz CT molecular complexity index is 311. The minimum Gasteiger partial charge on any atom is -0.427 e. The highest BCUT2D eigenvalue weighted by Crippen LogP contribution is 2.46. The molecule has 2 unspecified atom stereocenters. The monoisotopic (exact) mass is 284 g/mol. The molecule has 0 aliphatic heterocycles. The molecule has 0 aromatic carbocycles. The zero-order chi connectivity index (χ0) is 15.1. The standard InChI is InChI=1S/C16H28O4/c1-5-11-15(18-7-3)12-9-10-13-16(15,19-8-4)20-14(17)6-2/h6H,2,5,7-13H2,1,3-4H3. The van der Waals surface area contributed by atoms with Crippen molar-refractivity contribution in [2.24, 2.45) is 0 Å². The van der Waals surface area contributed by atoms with Crippen LogP contribution >= 0.6 is 0 Å². The van der Waals surface area contributed by atoms with Crippen LogP contribution < -0.4 is 0 Å². The molecule has 0 amide bonds. The predicted octanol–water partition coefficient (Wildman–Crippen LogP) is 3.60. The Morgan fingerprint density at radius 1 is 1.15 bits per heavy atom. The molecule has 2 atom stereocenters. The second-order valence-corrected chi connectivity index (χ2v) is 5.20. The summed E-state index contributed by atoms with van der Waals surface area (Å²) in [6.45, 7) is 10.6. The van der Waals surface area contributed by atoms with Crippen molar-refractivity contribution in [3.8, 4) is 0 Å². The summed E-state index contributed by atoms with van der Waals surface area (Å²) in [5.74, 6) is -1.42. The summed E-state index contributed by atoms with van der Waals surface area (Å²) in [7, 11) is 0. The van der Waals surface area contributed by atoms with Gasteiger partial charge in [0.2, 0.25) is 5.79 Å². The lowest BCUT2D eigenvalue weighted by Gasteiger charge is -2.51. The Hall–Kier alpha value is -0.870. The molecule has 0 spiro atoms. The van der Waals surface area contributed by atoms with Gasteiger partial charge in [0, 0.05) is 25.7 Å². The van der Waals surface area contributed by atoms with Crippen molar-refractivity contribution in [2.75, 3.05) is 13.2 Å². The van der Waals surface area contributed by atoms with Gasteiger partial charge < -0.3 is 14.2 Å². The number of carbonyl (C=O) groups excluding carboxylic acids is 1. The molecular weight excluding hydrogens is 256 g/mol. The highest BCUT2D eigenvalue weighted by atomic mass is 16.7. The second kappa shape index (κ2) is 7.79. The van der Waals surface area contributed by atoms with Gasteiger partial charge >= 0.3 is 5.97 Å². The highest BCUT2D eigenvalue weighted by molar-refractivity contribution is 5.81. The van der Waals surface area contributed by atoms with Crippen LogP contribution in [0.25, 0.3) is 0 Å². The molecule has 0 bridgehead atoms. The van der Waals surface area contributed by atoms with E-state index in [4.69, 9.17) is 14.2 Å². The molecule has 0 saturated heterocycles. The van der Waals surface area contributed by atoms with Crippen LogP contribution in [0.2, 0.25) is 0 Å². The first-order valence-corrected chi connectivity index (χ1v) is 7.73. The van der Waals surface area contributed by atoms with Gasteiger partial charge in [0.05, 0.1) is 0 Å². The van der Waals surface area contributed by atoms with E-state index in [0.29, 0.717) is 19.6 Å². The summed E-state index contributed by atoms with van der Waals surface area (Å²) in [5.41, 5.74) is -0.538. The van der Waals surface area contributed by atoms with E-state index < -0.39 is 17.4 Å². The van der Waals surface area contributed by atoms with Gasteiger partial charge in [-0.25, -0.2) is 4.79 Å². The van der Waals surface area contributed by atoms with Gasteiger partial charge in [0.25, 0.3) is 0 Å². The van der Waals surface area contributed by atoms with Gasteiger partial charge in [-0.1, -0.05) is 26.3 Å². The minimum atomic E-state index is -0.975. The molecule has 0 N–H and O–H groups in total. The van der Waals surface area contributed by atoms with E-state index in [0.717, 1.165) is 32.1 Å². The van der Waals surface area contributed by atoms with E-state index in [1.54, 1.807) is 0 Å². The van der Waals surface area contributed by atoms with Gasteiger partial charge in [-0.15, -0.1) is 0 Å². The third kappa shape index (κ3) is 3.41. The predicted molar refractivity (Wildman–Crippen MR) is 78.4 cm³/mol. The summed E-state index contributed by atoms with van der Waals surface area (Å²) in [6.07, 6.45) is 6.56. The first-order valence-electron chi connectivity index (χ1n) is 7.73. The molecule has 0 aromatic rings. The molecule has 116 valence electrons. The maximum atomic E-state index is 11.8. The molecule has 1 rings (SSSR count). The van der Waals surface area contributed by atoms with E-state index in [9.17, 15) is 4.79 Å². The fourth-order valence-corrected chi connectivity index (χ4v) is 3.25. The quantitative estimate of drug-likeness (QED) is 0.388. The molecule has 0 heterocycles. The van der Waals surface area contributed by atoms with E-state index in [1.807, 2.05) is 13.8 Å². The molecule has 0 radical (unpaired) electrons. The highest BCUT2D eigenvalue weighted by Gasteiger charge is 2.57. The van der Waals surface area contributed by atoms with Crippen LogP contribution in [0.5, 0.6) is 0 Å². The number of hydrogen-bond acceptors (Lipinski definition) is 4. The lowest BCUT2D eigenvalue weighted by Crippen LogP contribution is -2.61. The summed E-state index contributed by atoms with van der Waals surface area (Å²) in [4.78, 5) is 11.8. The van der Waals surface area contributed by atoms with E-state index in [-0.39, 0.29) is 0 Å². The topological polar surface area (TPSA) is 44.8 Å². The summed E-state index contributed by atoms with van der Waals surface area (Å²) >= 11 is 0. The second-order valence-electron chi connectivity index (χ2n) is 5.20. The van der Waals surface area contributed by atoms with Gasteiger partial charge in [0.15, 0.2) is 0 Å². The van der Waals surface area contributed by atoms with Crippen LogP contribution in [0, 0.1) is 0 Å². The SMILES string of the molecule is C=CC(=O)OC1(OCC)CCCCC1(CCC)OCC. The smallest absolute Gasteiger partial charge is 0.332 e. The van der Waals surface area contributed by atoms with E-state index in [1.165, 1.54) is 6.08 Å². The largest absolute Gasteiger partial charge is 0.427 e. The van der Waals surface area contributed by atoms with Gasteiger partial charge in [-0.2, -0.15) is 0 Å².